The van der Waals surface area contributed by atoms with E-state index in [1.807, 2.05) is 58.0 Å². The van der Waals surface area contributed by atoms with Gasteiger partial charge < -0.3 is 38.0 Å². The van der Waals surface area contributed by atoms with Gasteiger partial charge in [0.2, 0.25) is 5.79 Å². The van der Waals surface area contributed by atoms with Crippen LogP contribution in [0.4, 0.5) is 11.4 Å². The van der Waals surface area contributed by atoms with Gasteiger partial charge in [-0.05, 0) is 98.7 Å². The van der Waals surface area contributed by atoms with Crippen LogP contribution in [0.3, 0.4) is 0 Å². The number of aromatic nitrogens is 6. The molecule has 2 aliphatic rings. The minimum atomic E-state index is -5.01. The Balaban J connectivity index is 0.000000333. The second-order valence-corrected chi connectivity index (χ2v) is 22.0. The Hall–Kier alpha value is -5.51. The van der Waals surface area contributed by atoms with Crippen molar-refractivity contribution in [3.05, 3.63) is 112 Å². The van der Waals surface area contributed by atoms with Crippen molar-refractivity contribution in [1.82, 2.24) is 29.1 Å². The van der Waals surface area contributed by atoms with E-state index in [1.54, 1.807) is 34.0 Å². The molecule has 0 N–H and O–H groups in total. The topological polar surface area (TPSA) is 214 Å². The number of unbranched alkanes of at least 4 members (excludes halogenated alkanes) is 2. The Kier molecular flexibility index (Phi) is 23.2. The molecular weight excluding hydrogens is 1050 g/mol. The first kappa shape index (κ1) is 60.7. The van der Waals surface area contributed by atoms with Crippen molar-refractivity contribution in [2.75, 3.05) is 62.4 Å². The molecule has 2 saturated heterocycles. The summed E-state index contributed by atoms with van der Waals surface area (Å²) in [6, 6.07) is 21.6. The fraction of sp³-hybridized carbons (Fsp3) is 0.564. The van der Waals surface area contributed by atoms with E-state index in [9.17, 15) is 27.4 Å². The van der Waals surface area contributed by atoms with Gasteiger partial charge in [-0.25, -0.2) is 32.1 Å². The molecule has 6 unspecified atom stereocenters. The molecule has 19 nitrogen and oxygen atoms in total. The quantitative estimate of drug-likeness (QED) is 0.0353. The van der Waals surface area contributed by atoms with Crippen molar-refractivity contribution in [3.8, 4) is 11.4 Å². The van der Waals surface area contributed by atoms with E-state index < -0.39 is 39.5 Å². The summed E-state index contributed by atoms with van der Waals surface area (Å²) in [7, 11) is -5.01. The number of carbonyl (C=O) groups is 2. The first-order valence-corrected chi connectivity index (χ1v) is 29.1. The fourth-order valence-corrected chi connectivity index (χ4v) is 10.3. The van der Waals surface area contributed by atoms with Crippen LogP contribution in [-0.4, -0.2) is 118 Å². The van der Waals surface area contributed by atoms with Crippen molar-refractivity contribution in [3.63, 3.8) is 0 Å². The molecule has 6 atom stereocenters. The van der Waals surface area contributed by atoms with Crippen LogP contribution >= 0.6 is 23.2 Å². The Morgan fingerprint density at radius 3 is 1.96 bits per heavy atom. The van der Waals surface area contributed by atoms with Gasteiger partial charge in [0.1, 0.15) is 54.1 Å². The number of piperazine rings is 1. The molecule has 0 amide bonds. The predicted octanol–water partition coefficient (Wildman–Crippen LogP) is 9.50. The molecule has 22 heteroatoms. The molecule has 5 aromatic rings. The van der Waals surface area contributed by atoms with Crippen molar-refractivity contribution in [2.24, 2.45) is 11.8 Å². The molecule has 77 heavy (non-hydrogen) atoms. The number of anilines is 2. The Bertz CT molecular complexity index is 2780. The van der Waals surface area contributed by atoms with Gasteiger partial charge in [0, 0.05) is 48.1 Å². The van der Waals surface area contributed by atoms with Crippen molar-refractivity contribution in [2.45, 2.75) is 135 Å². The maximum absolute atomic E-state index is 12.8. The lowest BCUT2D eigenvalue weighted by atomic mass is 10.0. The highest BCUT2D eigenvalue weighted by molar-refractivity contribution is 7.87. The van der Waals surface area contributed by atoms with Crippen LogP contribution in [0.5, 0.6) is 5.75 Å². The van der Waals surface area contributed by atoms with Crippen LogP contribution in [0.25, 0.3) is 5.69 Å². The Morgan fingerprint density at radius 1 is 0.818 bits per heavy atom. The number of carbonyl (C=O) groups excluding carboxylic acids is 2. The van der Waals surface area contributed by atoms with E-state index >= 15 is 0 Å². The zero-order valence-corrected chi connectivity index (χ0v) is 47.5. The predicted molar refractivity (Wildman–Crippen MR) is 296 cm³/mol. The number of hydrogen-bond donors (Lipinski definition) is 0. The first-order valence-electron chi connectivity index (χ1n) is 26.9. The fourth-order valence-electron chi connectivity index (χ4n) is 9.05. The monoisotopic (exact) mass is 1130 g/mol. The summed E-state index contributed by atoms with van der Waals surface area (Å²) in [6.45, 7) is 16.7. The molecule has 2 aliphatic heterocycles. The number of nitrogens with zero attached hydrogens (tertiary/aromatic N) is 8. The second kappa shape index (κ2) is 29.5. The highest BCUT2D eigenvalue weighted by atomic mass is 35.5. The highest BCUT2D eigenvalue weighted by Crippen LogP contribution is 2.40. The number of hydrogen-bond acceptors (Lipinski definition) is 16. The lowest BCUT2D eigenvalue weighted by molar-refractivity contribution is -0.190. The minimum absolute atomic E-state index is 0. The normalized spacial score (nSPS) is 18.2. The molecule has 0 spiro atoms. The molecule has 0 saturated carbocycles. The van der Waals surface area contributed by atoms with E-state index in [4.69, 9.17) is 46.9 Å². The summed E-state index contributed by atoms with van der Waals surface area (Å²) in [5.41, 5.74) is 3.64. The maximum Gasteiger partial charge on any atom is 1.00 e. The van der Waals surface area contributed by atoms with E-state index in [2.05, 4.69) is 63.1 Å². The third-order valence-corrected chi connectivity index (χ3v) is 15.7. The van der Waals surface area contributed by atoms with E-state index in [1.165, 1.54) is 11.0 Å². The second-order valence-electron chi connectivity index (χ2n) is 19.6. The van der Waals surface area contributed by atoms with Crippen LogP contribution in [0, 0.1) is 11.8 Å². The molecule has 0 radical (unpaired) electrons. The van der Waals surface area contributed by atoms with Crippen LogP contribution in [0.1, 0.15) is 119 Å². The molecule has 0 aliphatic carbocycles. The average molecular weight is 1130 g/mol. The number of ether oxygens (including phenoxy) is 5. The van der Waals surface area contributed by atoms with Gasteiger partial charge >= 0.3 is 19.1 Å². The number of esters is 2. The summed E-state index contributed by atoms with van der Waals surface area (Å²) in [4.78, 5) is 45.7. The Morgan fingerprint density at radius 2 is 1.42 bits per heavy atom. The molecular formula is C55H76Cl2N8O11S. The number of halogens is 2. The summed E-state index contributed by atoms with van der Waals surface area (Å²) in [5, 5.41) is 7.45. The zero-order valence-electron chi connectivity index (χ0n) is 46.1. The van der Waals surface area contributed by atoms with Gasteiger partial charge in [-0.2, -0.15) is 10.2 Å². The van der Waals surface area contributed by atoms with Crippen LogP contribution < -0.4 is 20.2 Å². The van der Waals surface area contributed by atoms with Crippen molar-refractivity contribution >= 4 is 56.6 Å². The zero-order chi connectivity index (χ0) is 55.5. The van der Waals surface area contributed by atoms with Gasteiger partial charge in [-0.15, -0.1) is 0 Å². The van der Waals surface area contributed by atoms with E-state index in [-0.39, 0.29) is 50.9 Å². The Labute approximate surface area is 464 Å². The summed E-state index contributed by atoms with van der Waals surface area (Å²) in [5.74, 6) is -2.15. The van der Waals surface area contributed by atoms with E-state index in [0.29, 0.717) is 28.8 Å². The summed E-state index contributed by atoms with van der Waals surface area (Å²) in [6.07, 6.45) is 11.8. The first-order chi connectivity index (χ1) is 37.0. The third-order valence-electron chi connectivity index (χ3n) is 14.1. The molecule has 0 bridgehead atoms. The largest absolute Gasteiger partial charge is 1.00 e. The van der Waals surface area contributed by atoms with E-state index in [0.717, 1.165) is 107 Å². The molecule has 422 valence electrons. The maximum atomic E-state index is 12.8. The van der Waals surface area contributed by atoms with Crippen molar-refractivity contribution < 1.29 is 47.7 Å². The average Bonchev–Trinajstić information content (AvgIpc) is 4.24. The number of rotatable bonds is 27. The summed E-state index contributed by atoms with van der Waals surface area (Å²) >= 11 is 12.7. The molecule has 2 fully saturated rings. The summed E-state index contributed by atoms with van der Waals surface area (Å²) < 4.78 is 68.2. The molecule has 2 aromatic heterocycles. The lowest BCUT2D eigenvalue weighted by Gasteiger charge is -2.37. The smallest absolute Gasteiger partial charge is 0.747 e. The lowest BCUT2D eigenvalue weighted by Crippen LogP contribution is -2.46. The minimum Gasteiger partial charge on any atom is -0.747 e. The third kappa shape index (κ3) is 17.2. The molecule has 3 aromatic carbocycles. The van der Waals surface area contributed by atoms with Gasteiger partial charge in [-0.3, -0.25) is 9.59 Å². The van der Waals surface area contributed by atoms with Gasteiger partial charge in [0.25, 0.3) is 0 Å². The van der Waals surface area contributed by atoms with Gasteiger partial charge in [0.15, 0.2) is 5.25 Å². The molecule has 7 rings (SSSR count). The van der Waals surface area contributed by atoms with Crippen LogP contribution in [0.2, 0.25) is 10.0 Å². The van der Waals surface area contributed by atoms with Crippen LogP contribution in [0.15, 0.2) is 90.5 Å². The van der Waals surface area contributed by atoms with Crippen molar-refractivity contribution in [1.29, 1.82) is 0 Å². The van der Waals surface area contributed by atoms with Gasteiger partial charge in [-0.1, -0.05) is 102 Å². The SMILES string of the molecule is CCC(C)n1ncn(-c2ccc(N3CCN(c4ccc(OCC5COC(Cn6cncn6)(c6ccc(Cl)cc6Cl)O5)cc4)CC3)cc2)c1=O.CCCCC(CC)COC(=O)CC(C(=O)OCC(CC)CCCC)S(=O)(=O)[O-].[H+]. The highest BCUT2D eigenvalue weighted by Gasteiger charge is 2.46. The van der Waals surface area contributed by atoms with Crippen LogP contribution in [-0.2, 0) is 51.0 Å². The number of benzene rings is 3. The van der Waals surface area contributed by atoms with Gasteiger partial charge in [0.05, 0.1) is 43.0 Å². The molecule has 4 heterocycles. The standard InChI is InChI=1S/C35H38Cl2N8O4.C20H38O7S/c1-3-25(2)45-34(46)44(24-40-45)29-7-5-27(6-8-29)41-14-16-42(17-15-41)28-9-11-30(12-10-28)47-19-31-20-48-35(49-31,21-43-23-38-22-39-43)32-13-4-26(36)18-33(32)37;1-5-9-11-16(7-3)14-26-19(21)13-18(28(23,24)25)20(22)27-15-17(8-4)12-10-6-2/h4-13,18,22-25,31H,3,14-17,19-21H2,1-2H3;16-18H,5-15H2,1-4H3,(H,23,24,25).